The molecule has 0 saturated carbocycles. The van der Waals surface area contributed by atoms with Gasteiger partial charge in [-0.15, -0.1) is 0 Å². The number of amides is 1. The van der Waals surface area contributed by atoms with E-state index in [1.807, 2.05) is 25.1 Å². The minimum Gasteiger partial charge on any atom is -0.490 e. The van der Waals surface area contributed by atoms with Gasteiger partial charge < -0.3 is 14.8 Å². The van der Waals surface area contributed by atoms with Crippen LogP contribution in [-0.2, 0) is 11.4 Å². The molecule has 33 heavy (non-hydrogen) atoms. The van der Waals surface area contributed by atoms with Crippen LogP contribution in [-0.4, -0.2) is 12.5 Å². The molecule has 0 radical (unpaired) electrons. The molecule has 0 heterocycles. The number of rotatable bonds is 8. The normalized spacial score (nSPS) is 10.6. The first-order chi connectivity index (χ1) is 16.0. The van der Waals surface area contributed by atoms with Crippen molar-refractivity contribution in [2.24, 2.45) is 0 Å². The average Bonchev–Trinajstić information content (AvgIpc) is 2.83. The monoisotopic (exact) mass is 457 g/mol. The predicted octanol–water partition coefficient (Wildman–Crippen LogP) is 5.74. The van der Waals surface area contributed by atoms with Crippen molar-refractivity contribution < 1.29 is 14.3 Å². The van der Waals surface area contributed by atoms with Gasteiger partial charge in [-0.25, -0.2) is 0 Å². The highest BCUT2D eigenvalue weighted by Crippen LogP contribution is 2.30. The Labute approximate surface area is 197 Å². The lowest BCUT2D eigenvalue weighted by Crippen LogP contribution is -2.13. The van der Waals surface area contributed by atoms with Crippen molar-refractivity contribution in [3.63, 3.8) is 0 Å². The Morgan fingerprint density at radius 1 is 1.03 bits per heavy atom. The quantitative estimate of drug-likeness (QED) is 0.344. The highest BCUT2D eigenvalue weighted by Gasteiger charge is 2.12. The number of ether oxygens (including phenoxy) is 2. The van der Waals surface area contributed by atoms with E-state index in [4.69, 9.17) is 21.1 Å². The zero-order valence-corrected chi connectivity index (χ0v) is 18.6. The van der Waals surface area contributed by atoms with Crippen molar-refractivity contribution in [3.05, 3.63) is 94.0 Å². The number of nitriles is 2. The molecule has 0 unspecified atom stereocenters. The third-order valence-corrected chi connectivity index (χ3v) is 4.82. The van der Waals surface area contributed by atoms with Gasteiger partial charge in [-0.05, 0) is 61.0 Å². The van der Waals surface area contributed by atoms with Crippen LogP contribution in [0, 0.1) is 22.7 Å². The Bertz CT molecular complexity index is 1260. The van der Waals surface area contributed by atoms with Crippen LogP contribution in [0.3, 0.4) is 0 Å². The van der Waals surface area contributed by atoms with Crippen LogP contribution in [0.5, 0.6) is 11.5 Å². The lowest BCUT2D eigenvalue weighted by molar-refractivity contribution is -0.112. The smallest absolute Gasteiger partial charge is 0.266 e. The van der Waals surface area contributed by atoms with Crippen molar-refractivity contribution in [1.82, 2.24) is 0 Å². The minimum atomic E-state index is -0.536. The average molecular weight is 458 g/mol. The van der Waals surface area contributed by atoms with E-state index in [1.165, 1.54) is 6.08 Å². The van der Waals surface area contributed by atoms with Crippen molar-refractivity contribution >= 4 is 29.3 Å². The molecular weight excluding hydrogens is 438 g/mol. The van der Waals surface area contributed by atoms with E-state index >= 15 is 0 Å². The van der Waals surface area contributed by atoms with Crippen molar-refractivity contribution in [1.29, 1.82) is 10.5 Å². The summed E-state index contributed by atoms with van der Waals surface area (Å²) in [7, 11) is 0. The molecule has 0 aliphatic heterocycles. The van der Waals surface area contributed by atoms with Gasteiger partial charge in [0.2, 0.25) is 0 Å². The zero-order chi connectivity index (χ0) is 23.6. The Hall–Kier alpha value is -4.26. The first kappa shape index (κ1) is 23.4. The molecule has 0 saturated heterocycles. The molecule has 0 spiro atoms. The zero-order valence-electron chi connectivity index (χ0n) is 17.8. The van der Waals surface area contributed by atoms with Gasteiger partial charge in [-0.1, -0.05) is 35.9 Å². The standard InChI is InChI=1S/C26H20ClN3O3/c1-2-32-25-14-18(7-12-24(25)33-17-20-6-4-3-5-19(20)15-28)13-21(16-29)26(31)30-23-10-8-22(27)9-11-23/h3-14H,2,17H2,1H3,(H,30,31)/b21-13-. The summed E-state index contributed by atoms with van der Waals surface area (Å²) >= 11 is 5.86. The molecule has 3 aromatic rings. The summed E-state index contributed by atoms with van der Waals surface area (Å²) in [5.74, 6) is 0.424. The fourth-order valence-electron chi connectivity index (χ4n) is 2.96. The molecule has 1 amide bonds. The van der Waals surface area contributed by atoms with Crippen LogP contribution in [0.25, 0.3) is 6.08 Å². The molecule has 7 heteroatoms. The van der Waals surface area contributed by atoms with Gasteiger partial charge in [-0.3, -0.25) is 4.79 Å². The Kier molecular flexibility index (Phi) is 8.07. The molecule has 3 aromatic carbocycles. The third-order valence-electron chi connectivity index (χ3n) is 4.57. The summed E-state index contributed by atoms with van der Waals surface area (Å²) in [6.07, 6.45) is 1.47. The number of nitrogens with zero attached hydrogens (tertiary/aromatic N) is 2. The lowest BCUT2D eigenvalue weighted by Gasteiger charge is -2.13. The molecule has 164 valence electrons. The molecule has 6 nitrogen and oxygen atoms in total. The van der Waals surface area contributed by atoms with Crippen molar-refractivity contribution in [2.45, 2.75) is 13.5 Å². The Morgan fingerprint density at radius 3 is 2.48 bits per heavy atom. The van der Waals surface area contributed by atoms with Crippen LogP contribution in [0.15, 0.2) is 72.3 Å². The number of carbonyl (C=O) groups excluding carboxylic acids is 1. The maximum atomic E-state index is 12.5. The maximum absolute atomic E-state index is 12.5. The number of nitrogens with one attached hydrogen (secondary N) is 1. The van der Waals surface area contributed by atoms with Crippen LogP contribution >= 0.6 is 11.6 Å². The molecule has 3 rings (SSSR count). The number of benzene rings is 3. The topological polar surface area (TPSA) is 95.1 Å². The second kappa shape index (κ2) is 11.4. The summed E-state index contributed by atoms with van der Waals surface area (Å²) in [5.41, 5.74) is 2.37. The van der Waals surface area contributed by atoms with Crippen LogP contribution in [0.1, 0.15) is 23.6 Å². The summed E-state index contributed by atoms with van der Waals surface area (Å²) in [5, 5.41) is 21.9. The van der Waals surface area contributed by atoms with Crippen molar-refractivity contribution in [3.8, 4) is 23.6 Å². The number of halogens is 1. The number of carbonyl (C=O) groups is 1. The molecule has 0 aliphatic carbocycles. The first-order valence-corrected chi connectivity index (χ1v) is 10.5. The van der Waals surface area contributed by atoms with Crippen LogP contribution in [0.2, 0.25) is 5.02 Å². The van der Waals surface area contributed by atoms with E-state index in [2.05, 4.69) is 11.4 Å². The van der Waals surface area contributed by atoms with E-state index in [1.54, 1.807) is 54.6 Å². The largest absolute Gasteiger partial charge is 0.490 e. The van der Waals surface area contributed by atoms with E-state index in [9.17, 15) is 15.3 Å². The Balaban J connectivity index is 1.79. The molecular formula is C26H20ClN3O3. The number of hydrogen-bond donors (Lipinski definition) is 1. The van der Waals surface area contributed by atoms with Gasteiger partial charge in [0.25, 0.3) is 5.91 Å². The van der Waals surface area contributed by atoms with Crippen molar-refractivity contribution in [2.75, 3.05) is 11.9 Å². The molecule has 1 N–H and O–H groups in total. The van der Waals surface area contributed by atoms with Gasteiger partial charge in [0.05, 0.1) is 18.2 Å². The SMILES string of the molecule is CCOc1cc(/C=C(/C#N)C(=O)Nc2ccc(Cl)cc2)ccc1OCc1ccccc1C#N. The van der Waals surface area contributed by atoms with Gasteiger partial charge >= 0.3 is 0 Å². The predicted molar refractivity (Wildman–Crippen MR) is 127 cm³/mol. The summed E-state index contributed by atoms with van der Waals surface area (Å²) in [4.78, 5) is 12.5. The first-order valence-electron chi connectivity index (χ1n) is 10.1. The molecule has 0 fully saturated rings. The minimum absolute atomic E-state index is 0.0657. The van der Waals surface area contributed by atoms with Crippen LogP contribution in [0.4, 0.5) is 5.69 Å². The highest BCUT2D eigenvalue weighted by atomic mass is 35.5. The molecule has 0 atom stereocenters. The fraction of sp³-hybridized carbons (Fsp3) is 0.115. The second-order valence-corrected chi connectivity index (χ2v) is 7.26. The van der Waals surface area contributed by atoms with Gasteiger partial charge in [0, 0.05) is 16.3 Å². The highest BCUT2D eigenvalue weighted by molar-refractivity contribution is 6.30. The lowest BCUT2D eigenvalue weighted by atomic mass is 10.1. The number of anilines is 1. The molecule has 0 aliphatic rings. The van der Waals surface area contributed by atoms with E-state index in [0.29, 0.717) is 39.9 Å². The molecule has 0 bridgehead atoms. The summed E-state index contributed by atoms with van der Waals surface area (Å²) in [6, 6.07) is 23.0. The Morgan fingerprint density at radius 2 is 1.79 bits per heavy atom. The van der Waals surface area contributed by atoms with Crippen LogP contribution < -0.4 is 14.8 Å². The maximum Gasteiger partial charge on any atom is 0.266 e. The summed E-state index contributed by atoms with van der Waals surface area (Å²) in [6.45, 7) is 2.45. The van der Waals surface area contributed by atoms with E-state index in [0.717, 1.165) is 5.56 Å². The van der Waals surface area contributed by atoms with Gasteiger partial charge in [0.1, 0.15) is 18.2 Å². The fourth-order valence-corrected chi connectivity index (χ4v) is 3.09. The third kappa shape index (κ3) is 6.36. The van der Waals surface area contributed by atoms with Gasteiger partial charge in [-0.2, -0.15) is 10.5 Å². The number of hydrogen-bond acceptors (Lipinski definition) is 5. The van der Waals surface area contributed by atoms with E-state index < -0.39 is 5.91 Å². The summed E-state index contributed by atoms with van der Waals surface area (Å²) < 4.78 is 11.6. The van der Waals surface area contributed by atoms with E-state index in [-0.39, 0.29) is 12.2 Å². The van der Waals surface area contributed by atoms with Gasteiger partial charge in [0.15, 0.2) is 11.5 Å². The second-order valence-electron chi connectivity index (χ2n) is 6.83. The molecule has 0 aromatic heterocycles.